The first kappa shape index (κ1) is 14.1. The molecule has 2 rings (SSSR count). The van der Waals surface area contributed by atoms with E-state index in [1.165, 1.54) is 37.8 Å². The minimum Gasteiger partial charge on any atom is -0.364 e. The highest BCUT2D eigenvalue weighted by molar-refractivity contribution is 6.29. The quantitative estimate of drug-likeness (QED) is 0.503. The van der Waals surface area contributed by atoms with Crippen molar-refractivity contribution in [3.8, 4) is 0 Å². The van der Waals surface area contributed by atoms with Gasteiger partial charge >= 0.3 is 5.69 Å². The Bertz CT molecular complexity index is 473. The molecule has 1 aliphatic rings. The topological polar surface area (TPSA) is 68.1 Å². The Morgan fingerprint density at radius 3 is 2.74 bits per heavy atom. The molecule has 104 valence electrons. The molecule has 1 saturated carbocycles. The molecule has 1 aromatic rings. The molecule has 1 fully saturated rings. The van der Waals surface area contributed by atoms with Gasteiger partial charge in [0.1, 0.15) is 5.15 Å². The van der Waals surface area contributed by atoms with Crippen molar-refractivity contribution in [2.24, 2.45) is 5.41 Å². The second kappa shape index (κ2) is 5.74. The van der Waals surface area contributed by atoms with Gasteiger partial charge in [-0.05, 0) is 30.7 Å². The van der Waals surface area contributed by atoms with Crippen LogP contribution in [0.25, 0.3) is 0 Å². The summed E-state index contributed by atoms with van der Waals surface area (Å²) in [6, 6.07) is 2.83. The Morgan fingerprint density at radius 2 is 2.16 bits per heavy atom. The summed E-state index contributed by atoms with van der Waals surface area (Å²) in [7, 11) is 0. The Balaban J connectivity index is 2.14. The van der Waals surface area contributed by atoms with Gasteiger partial charge in [0.15, 0.2) is 0 Å². The summed E-state index contributed by atoms with van der Waals surface area (Å²) in [5.41, 5.74) is 0.228. The number of halogens is 1. The van der Waals surface area contributed by atoms with Crippen molar-refractivity contribution >= 4 is 23.1 Å². The number of nitro groups is 1. The van der Waals surface area contributed by atoms with E-state index < -0.39 is 4.92 Å². The lowest BCUT2D eigenvalue weighted by Gasteiger charge is -2.27. The van der Waals surface area contributed by atoms with E-state index in [1.807, 2.05) is 0 Å². The number of anilines is 1. The molecule has 1 N–H and O–H groups in total. The van der Waals surface area contributed by atoms with Crippen LogP contribution in [-0.2, 0) is 0 Å². The summed E-state index contributed by atoms with van der Waals surface area (Å²) in [5, 5.41) is 14.4. The van der Waals surface area contributed by atoms with E-state index in [0.717, 1.165) is 13.0 Å². The highest BCUT2D eigenvalue weighted by atomic mass is 35.5. The van der Waals surface area contributed by atoms with Gasteiger partial charge in [0.25, 0.3) is 0 Å². The molecule has 5 nitrogen and oxygen atoms in total. The predicted octanol–water partition coefficient (Wildman–Crippen LogP) is 4.03. The third-order valence-corrected chi connectivity index (χ3v) is 4.29. The lowest BCUT2D eigenvalue weighted by atomic mass is 9.83. The molecule has 0 aromatic carbocycles. The first-order valence-electron chi connectivity index (χ1n) is 6.61. The molecule has 1 aromatic heterocycles. The van der Waals surface area contributed by atoms with E-state index in [4.69, 9.17) is 11.6 Å². The molecular weight excluding hydrogens is 266 g/mol. The maximum atomic E-state index is 11.0. The van der Waals surface area contributed by atoms with Gasteiger partial charge in [-0.1, -0.05) is 31.4 Å². The SMILES string of the molecule is CCC1(CNc2nc(Cl)ccc2[N+](=O)[O-])CCCC1. The largest absolute Gasteiger partial charge is 0.364 e. The average molecular weight is 284 g/mol. The first-order valence-corrected chi connectivity index (χ1v) is 6.99. The van der Waals surface area contributed by atoms with Gasteiger partial charge in [0.2, 0.25) is 5.82 Å². The predicted molar refractivity (Wildman–Crippen MR) is 75.6 cm³/mol. The van der Waals surface area contributed by atoms with Gasteiger partial charge in [-0.2, -0.15) is 0 Å². The standard InChI is InChI=1S/C13H18ClN3O2/c1-2-13(7-3-4-8-13)9-15-12-10(17(18)19)5-6-11(14)16-12/h5-6H,2-4,7-9H2,1H3,(H,15,16). The molecule has 6 heteroatoms. The average Bonchev–Trinajstić information content (AvgIpc) is 2.85. The number of nitrogens with one attached hydrogen (secondary N) is 1. The maximum Gasteiger partial charge on any atom is 0.311 e. The minimum atomic E-state index is -0.432. The Labute approximate surface area is 117 Å². The third-order valence-electron chi connectivity index (χ3n) is 4.08. The maximum absolute atomic E-state index is 11.0. The van der Waals surface area contributed by atoms with E-state index in [9.17, 15) is 10.1 Å². The van der Waals surface area contributed by atoms with Gasteiger partial charge in [-0.15, -0.1) is 0 Å². The minimum absolute atomic E-state index is 0.0198. The number of rotatable bonds is 5. The summed E-state index contributed by atoms with van der Waals surface area (Å²) in [6.45, 7) is 2.89. The molecule has 0 atom stereocenters. The molecular formula is C13H18ClN3O2. The van der Waals surface area contributed by atoms with E-state index in [2.05, 4.69) is 17.2 Å². The number of nitrogens with zero attached hydrogens (tertiary/aromatic N) is 2. The highest BCUT2D eigenvalue weighted by Crippen LogP contribution is 2.41. The second-order valence-corrected chi connectivity index (χ2v) is 5.56. The van der Waals surface area contributed by atoms with Crippen LogP contribution in [-0.4, -0.2) is 16.5 Å². The summed E-state index contributed by atoms with van der Waals surface area (Å²) in [4.78, 5) is 14.6. The lowest BCUT2D eigenvalue weighted by molar-refractivity contribution is -0.384. The van der Waals surface area contributed by atoms with Crippen LogP contribution in [0.5, 0.6) is 0 Å². The zero-order valence-corrected chi connectivity index (χ0v) is 11.7. The number of aromatic nitrogens is 1. The molecule has 0 spiro atoms. The molecule has 0 saturated heterocycles. The van der Waals surface area contributed by atoms with Gasteiger partial charge < -0.3 is 5.32 Å². The third kappa shape index (κ3) is 3.15. The van der Waals surface area contributed by atoms with Crippen LogP contribution in [0.1, 0.15) is 39.0 Å². The van der Waals surface area contributed by atoms with Crippen molar-refractivity contribution in [3.05, 3.63) is 27.4 Å². The van der Waals surface area contributed by atoms with Crippen molar-refractivity contribution in [3.63, 3.8) is 0 Å². The smallest absolute Gasteiger partial charge is 0.311 e. The van der Waals surface area contributed by atoms with Crippen molar-refractivity contribution in [2.45, 2.75) is 39.0 Å². The lowest BCUT2D eigenvalue weighted by Crippen LogP contribution is -2.26. The molecule has 0 unspecified atom stereocenters. The molecule has 1 aliphatic carbocycles. The summed E-state index contributed by atoms with van der Waals surface area (Å²) < 4.78 is 0. The molecule has 0 amide bonds. The van der Waals surface area contributed by atoms with Crippen LogP contribution < -0.4 is 5.32 Å². The van der Waals surface area contributed by atoms with Gasteiger partial charge in [0.05, 0.1) is 4.92 Å². The number of hydrogen-bond donors (Lipinski definition) is 1. The Morgan fingerprint density at radius 1 is 1.47 bits per heavy atom. The normalized spacial score (nSPS) is 17.4. The van der Waals surface area contributed by atoms with Crippen LogP contribution in [0.3, 0.4) is 0 Å². The van der Waals surface area contributed by atoms with Crippen LogP contribution in [0.2, 0.25) is 5.15 Å². The van der Waals surface area contributed by atoms with Crippen LogP contribution in [0, 0.1) is 15.5 Å². The summed E-state index contributed by atoms with van der Waals surface area (Å²) in [5.74, 6) is 0.275. The fraction of sp³-hybridized carbons (Fsp3) is 0.615. The van der Waals surface area contributed by atoms with E-state index in [1.54, 1.807) is 0 Å². The monoisotopic (exact) mass is 283 g/mol. The molecule has 19 heavy (non-hydrogen) atoms. The van der Waals surface area contributed by atoms with Crippen molar-refractivity contribution < 1.29 is 4.92 Å². The summed E-state index contributed by atoms with van der Waals surface area (Å²) >= 11 is 5.81. The van der Waals surface area contributed by atoms with Crippen LogP contribution in [0.15, 0.2) is 12.1 Å². The second-order valence-electron chi connectivity index (χ2n) is 5.17. The fourth-order valence-corrected chi connectivity index (χ4v) is 2.90. The number of pyridine rings is 1. The number of hydrogen-bond acceptors (Lipinski definition) is 4. The highest BCUT2D eigenvalue weighted by Gasteiger charge is 2.32. The molecule has 0 aliphatic heterocycles. The molecule has 0 radical (unpaired) electrons. The van der Waals surface area contributed by atoms with E-state index in [-0.39, 0.29) is 22.1 Å². The zero-order chi connectivity index (χ0) is 13.9. The van der Waals surface area contributed by atoms with Gasteiger partial charge in [-0.25, -0.2) is 4.98 Å². The van der Waals surface area contributed by atoms with Crippen molar-refractivity contribution in [2.75, 3.05) is 11.9 Å². The summed E-state index contributed by atoms with van der Waals surface area (Å²) in [6.07, 6.45) is 5.89. The molecule has 1 heterocycles. The van der Waals surface area contributed by atoms with Gasteiger partial charge in [0, 0.05) is 12.6 Å². The Hall–Kier alpha value is -1.36. The fourth-order valence-electron chi connectivity index (χ4n) is 2.76. The zero-order valence-electron chi connectivity index (χ0n) is 11.0. The van der Waals surface area contributed by atoms with Crippen LogP contribution >= 0.6 is 11.6 Å². The first-order chi connectivity index (χ1) is 9.06. The van der Waals surface area contributed by atoms with Crippen molar-refractivity contribution in [1.29, 1.82) is 0 Å². The molecule has 0 bridgehead atoms. The van der Waals surface area contributed by atoms with Crippen LogP contribution in [0.4, 0.5) is 11.5 Å². The Kier molecular flexibility index (Phi) is 4.24. The van der Waals surface area contributed by atoms with Crippen molar-refractivity contribution in [1.82, 2.24) is 4.98 Å². The van der Waals surface area contributed by atoms with E-state index >= 15 is 0 Å². The van der Waals surface area contributed by atoms with Gasteiger partial charge in [-0.3, -0.25) is 10.1 Å². The van der Waals surface area contributed by atoms with E-state index in [0.29, 0.717) is 0 Å².